The second-order valence-corrected chi connectivity index (χ2v) is 35.0. The van der Waals surface area contributed by atoms with Gasteiger partial charge in [0.1, 0.15) is 5.82 Å². The van der Waals surface area contributed by atoms with Crippen molar-refractivity contribution < 1.29 is 0 Å². The summed E-state index contributed by atoms with van der Waals surface area (Å²) >= 11 is 0. The van der Waals surface area contributed by atoms with Crippen LogP contribution in [-0.4, -0.2) is 204 Å². The van der Waals surface area contributed by atoms with E-state index in [1.54, 1.807) is 0 Å². The molecule has 5 fully saturated rings. The van der Waals surface area contributed by atoms with E-state index in [0.29, 0.717) is 73.3 Å². The summed E-state index contributed by atoms with van der Waals surface area (Å²) in [7, 11) is 13.0. The molecule has 0 saturated carbocycles. The topological polar surface area (TPSA) is 223 Å². The second-order valence-electron chi connectivity index (χ2n) is 35.0. The number of anilines is 8. The van der Waals surface area contributed by atoms with Gasteiger partial charge in [0.05, 0.1) is 13.3 Å². The Morgan fingerprint density at radius 1 is 0.311 bits per heavy atom. The van der Waals surface area contributed by atoms with E-state index in [0.717, 1.165) is 83.6 Å². The standard InChI is InChI=1S/C67H125N23/c1-44-70-50(72-52(71-44)85(23)45-32-58(2,3)79-59(4,5)33-45)68-42-84(22)30-28-29-31-90(57-77-55(88(26)48-38-64(14,15)82-65(16,17)39-48)76-56(78-57)89(27)49-40-66(18,19)83-67(20,21)41-49)43-69-51-73-53(86(24)46-34-60(6,7)80-61(8,9)35-46)75-54(74-51)87(25)47-36-62(10,11)81-63(12,13)37-47/h45-49,79-83H,28-43H2,1-27H3,(H,68,70,71,72)(H,69,73,74,75). The third-order valence-corrected chi connectivity index (χ3v) is 19.5. The summed E-state index contributed by atoms with van der Waals surface area (Å²) in [5.74, 6) is 5.75. The molecule has 0 amide bonds. The summed E-state index contributed by atoms with van der Waals surface area (Å²) in [6.45, 7) is 50.4. The van der Waals surface area contributed by atoms with E-state index < -0.39 is 0 Å². The average molecular weight is 1250 g/mol. The number of nitrogens with zero attached hydrogens (tertiary/aromatic N) is 16. The molecular weight excluding hydrogens is 1130 g/mol. The first-order valence-corrected chi connectivity index (χ1v) is 33.9. The third kappa shape index (κ3) is 19.0. The predicted molar refractivity (Wildman–Crippen MR) is 374 cm³/mol. The zero-order valence-corrected chi connectivity index (χ0v) is 61.4. The first-order valence-electron chi connectivity index (χ1n) is 33.9. The van der Waals surface area contributed by atoms with E-state index in [1.807, 2.05) is 6.92 Å². The van der Waals surface area contributed by atoms with Gasteiger partial charge in [-0.15, -0.1) is 0 Å². The molecule has 8 heterocycles. The van der Waals surface area contributed by atoms with Crippen molar-refractivity contribution in [1.29, 1.82) is 0 Å². The molecule has 7 N–H and O–H groups in total. The molecule has 0 unspecified atom stereocenters. The summed E-state index contributed by atoms with van der Waals surface area (Å²) in [5.41, 5.74) is -0.651. The predicted octanol–water partition coefficient (Wildman–Crippen LogP) is 8.93. The van der Waals surface area contributed by atoms with Crippen molar-refractivity contribution in [2.24, 2.45) is 0 Å². The van der Waals surface area contributed by atoms with Crippen LogP contribution in [0, 0.1) is 6.92 Å². The summed E-state index contributed by atoms with van der Waals surface area (Å²) in [5, 5.41) is 26.8. The molecule has 0 aromatic carbocycles. The molecule has 0 aliphatic carbocycles. The monoisotopic (exact) mass is 1250 g/mol. The normalized spacial score (nSPS) is 23.6. The molecule has 0 spiro atoms. The van der Waals surface area contributed by atoms with Gasteiger partial charge in [-0.2, -0.15) is 44.9 Å². The van der Waals surface area contributed by atoms with Crippen LogP contribution in [0.15, 0.2) is 0 Å². The lowest BCUT2D eigenvalue weighted by Crippen LogP contribution is -2.62. The van der Waals surface area contributed by atoms with Crippen LogP contribution in [0.1, 0.15) is 221 Å². The highest BCUT2D eigenvalue weighted by Gasteiger charge is 2.46. The molecule has 23 nitrogen and oxygen atoms in total. The molecule has 23 heteroatoms. The number of aromatic nitrogens is 9. The molecule has 3 aromatic rings. The van der Waals surface area contributed by atoms with Crippen LogP contribution >= 0.6 is 0 Å². The maximum Gasteiger partial charge on any atom is 0.233 e. The van der Waals surface area contributed by atoms with Crippen molar-refractivity contribution in [3.05, 3.63) is 5.82 Å². The van der Waals surface area contributed by atoms with Crippen LogP contribution in [0.25, 0.3) is 0 Å². The third-order valence-electron chi connectivity index (χ3n) is 19.5. The van der Waals surface area contributed by atoms with Crippen LogP contribution in [-0.2, 0) is 0 Å². The van der Waals surface area contributed by atoms with Crippen LogP contribution in [0.5, 0.6) is 0 Å². The molecule has 5 aliphatic heterocycles. The molecule has 5 saturated heterocycles. The Morgan fingerprint density at radius 2 is 0.544 bits per heavy atom. The molecule has 0 bridgehead atoms. The lowest BCUT2D eigenvalue weighted by molar-refractivity contribution is 0.159. The fourth-order valence-corrected chi connectivity index (χ4v) is 17.2. The van der Waals surface area contributed by atoms with Gasteiger partial charge in [0.2, 0.25) is 47.6 Å². The summed E-state index contributed by atoms with van der Waals surface area (Å²) in [4.78, 5) is 63.1. The highest BCUT2D eigenvalue weighted by molar-refractivity contribution is 5.51. The van der Waals surface area contributed by atoms with Gasteiger partial charge < -0.3 is 66.6 Å². The fraction of sp³-hybridized carbons (Fsp3) is 0.866. The number of nitrogens with one attached hydrogen (secondary N) is 7. The summed E-state index contributed by atoms with van der Waals surface area (Å²) < 4.78 is 0. The van der Waals surface area contributed by atoms with Gasteiger partial charge in [0.15, 0.2) is 0 Å². The van der Waals surface area contributed by atoms with E-state index >= 15 is 0 Å². The van der Waals surface area contributed by atoms with Crippen molar-refractivity contribution in [2.75, 3.05) is 109 Å². The number of piperidine rings is 5. The first kappa shape index (κ1) is 71.0. The first-order chi connectivity index (χ1) is 41.2. The van der Waals surface area contributed by atoms with E-state index in [2.05, 4.69) is 252 Å². The summed E-state index contributed by atoms with van der Waals surface area (Å²) in [6.07, 6.45) is 11.3. The number of aryl methyl sites for hydroxylation is 1. The maximum absolute atomic E-state index is 5.52. The smallest absolute Gasteiger partial charge is 0.233 e. The SMILES string of the molecule is Cc1nc(NCN(C)CCCCN(CNc2nc(N(C)C3CC(C)(C)NC(C)(C)C3)nc(N(C)C3CC(C)(C)NC(C)(C)C3)n2)c2nc(N(C)C3CC(C)(C)NC(C)(C)C3)nc(N(C)C3CC(C)(C)NC(C)(C)C3)n2)nc(N(C)C2CC(C)(C)NC(C)(C)C2)n1. The fourth-order valence-electron chi connectivity index (χ4n) is 17.2. The minimum absolute atomic E-state index is 0.00416. The Labute approximate surface area is 544 Å². The molecule has 90 heavy (non-hydrogen) atoms. The van der Waals surface area contributed by atoms with Gasteiger partial charge >= 0.3 is 0 Å². The van der Waals surface area contributed by atoms with Crippen LogP contribution in [0.4, 0.5) is 47.6 Å². The second kappa shape index (κ2) is 25.8. The highest BCUT2D eigenvalue weighted by atomic mass is 15.4. The van der Waals surface area contributed by atoms with Crippen LogP contribution in [0.2, 0.25) is 0 Å². The Morgan fingerprint density at radius 3 is 0.844 bits per heavy atom. The molecule has 0 atom stereocenters. The van der Waals surface area contributed by atoms with Gasteiger partial charge in [-0.25, -0.2) is 0 Å². The van der Waals surface area contributed by atoms with Crippen molar-refractivity contribution >= 4 is 47.6 Å². The number of hydrogen-bond donors (Lipinski definition) is 7. The minimum Gasteiger partial charge on any atom is -0.341 e. The zero-order valence-electron chi connectivity index (χ0n) is 61.4. The van der Waals surface area contributed by atoms with Crippen LogP contribution in [0.3, 0.4) is 0 Å². The van der Waals surface area contributed by atoms with E-state index in [-0.39, 0.29) is 85.6 Å². The van der Waals surface area contributed by atoms with Gasteiger partial charge in [0, 0.05) is 127 Å². The van der Waals surface area contributed by atoms with Gasteiger partial charge in [-0.05, 0) is 236 Å². The lowest BCUT2D eigenvalue weighted by Gasteiger charge is -2.49. The number of hydrogen-bond acceptors (Lipinski definition) is 23. The van der Waals surface area contributed by atoms with Crippen LogP contribution < -0.4 is 66.6 Å². The maximum atomic E-state index is 5.52. The van der Waals surface area contributed by atoms with Gasteiger partial charge in [-0.3, -0.25) is 4.90 Å². The molecule has 3 aromatic heterocycles. The largest absolute Gasteiger partial charge is 0.341 e. The number of unbranched alkanes of at least 4 members (excludes halogenated alkanes) is 1. The van der Waals surface area contributed by atoms with Crippen molar-refractivity contribution in [3.8, 4) is 0 Å². The zero-order chi connectivity index (χ0) is 66.8. The quantitative estimate of drug-likeness (QED) is 0.0368. The Bertz CT molecular complexity index is 2710. The molecule has 0 radical (unpaired) electrons. The van der Waals surface area contributed by atoms with E-state index in [4.69, 9.17) is 44.9 Å². The Kier molecular flexibility index (Phi) is 20.4. The van der Waals surface area contributed by atoms with Crippen molar-refractivity contribution in [2.45, 2.75) is 308 Å². The minimum atomic E-state index is -0.0854. The highest BCUT2D eigenvalue weighted by Crippen LogP contribution is 2.39. The average Bonchev–Trinajstić information content (AvgIpc) is 1.33. The van der Waals surface area contributed by atoms with E-state index in [9.17, 15) is 0 Å². The number of rotatable bonds is 22. The lowest BCUT2D eigenvalue weighted by atomic mass is 9.79. The Balaban J connectivity index is 1.12. The molecule has 8 rings (SSSR count). The van der Waals surface area contributed by atoms with Crippen molar-refractivity contribution in [3.63, 3.8) is 0 Å². The summed E-state index contributed by atoms with van der Waals surface area (Å²) in [6, 6.07) is 1.04. The molecule has 5 aliphatic rings. The molecule has 508 valence electrons. The molecular formula is C67H125N23. The van der Waals surface area contributed by atoms with Crippen molar-refractivity contribution in [1.82, 2.24) is 76.3 Å². The Hall–Kier alpha value is -4.81. The van der Waals surface area contributed by atoms with Gasteiger partial charge in [0.25, 0.3) is 0 Å². The van der Waals surface area contributed by atoms with E-state index in [1.165, 1.54) is 0 Å². The van der Waals surface area contributed by atoms with Gasteiger partial charge in [-0.1, -0.05) is 0 Å².